The van der Waals surface area contributed by atoms with Crippen LogP contribution in [0.4, 0.5) is 0 Å². The van der Waals surface area contributed by atoms with Gasteiger partial charge in [-0.05, 0) is 55.0 Å². The van der Waals surface area contributed by atoms with Crippen molar-refractivity contribution in [1.82, 2.24) is 20.4 Å². The summed E-state index contributed by atoms with van der Waals surface area (Å²) in [6, 6.07) is 21.3. The van der Waals surface area contributed by atoms with E-state index in [1.54, 1.807) is 42.3 Å². The van der Waals surface area contributed by atoms with E-state index in [1.165, 1.54) is 12.1 Å². The summed E-state index contributed by atoms with van der Waals surface area (Å²) in [5.74, 6) is -1.03. The van der Waals surface area contributed by atoms with Crippen molar-refractivity contribution in [2.24, 2.45) is 0 Å². The molecule has 3 aromatic carbocycles. The molecule has 0 aliphatic rings. The quantitative estimate of drug-likeness (QED) is 0.167. The van der Waals surface area contributed by atoms with Crippen LogP contribution in [-0.2, 0) is 9.53 Å². The Bertz CT molecular complexity index is 1490. The molecule has 2 N–H and O–H groups in total. The predicted octanol–water partition coefficient (Wildman–Crippen LogP) is 6.42. The molecule has 0 saturated carbocycles. The van der Waals surface area contributed by atoms with Gasteiger partial charge < -0.3 is 15.4 Å². The largest absolute Gasteiger partial charge is 0.385 e. The number of carbonyl (C=O) groups excluding carboxylic acids is 2. The maximum absolute atomic E-state index is 13.3. The third-order valence-corrected chi connectivity index (χ3v) is 6.46. The van der Waals surface area contributed by atoms with Crippen molar-refractivity contribution in [2.75, 3.05) is 20.3 Å². The zero-order valence-corrected chi connectivity index (χ0v) is 23.2. The van der Waals surface area contributed by atoms with Crippen LogP contribution in [0.3, 0.4) is 0 Å². The SMILES string of the molecule is COCCCNC(=O)C(=Cc1cn(-c2ccccc2)nc1-c1ccc(Cl)cc1)NC(=O)c1ccc(Cl)cc1Cl. The lowest BCUT2D eigenvalue weighted by molar-refractivity contribution is -0.117. The summed E-state index contributed by atoms with van der Waals surface area (Å²) < 4.78 is 6.77. The smallest absolute Gasteiger partial charge is 0.267 e. The Morgan fingerprint density at radius 1 is 0.974 bits per heavy atom. The molecule has 0 spiro atoms. The number of nitrogens with one attached hydrogen (secondary N) is 2. The number of aromatic nitrogens is 2. The van der Waals surface area contributed by atoms with Gasteiger partial charge in [-0.15, -0.1) is 0 Å². The number of ether oxygens (including phenoxy) is 1. The average molecular weight is 584 g/mol. The number of para-hydroxylation sites is 1. The molecule has 0 saturated heterocycles. The topological polar surface area (TPSA) is 85.2 Å². The van der Waals surface area contributed by atoms with Gasteiger partial charge >= 0.3 is 0 Å². The maximum atomic E-state index is 13.3. The number of rotatable bonds is 10. The highest BCUT2D eigenvalue weighted by Crippen LogP contribution is 2.27. The Labute approximate surface area is 241 Å². The van der Waals surface area contributed by atoms with Crippen molar-refractivity contribution in [3.05, 3.63) is 111 Å². The molecule has 0 aliphatic heterocycles. The van der Waals surface area contributed by atoms with Crippen LogP contribution in [0, 0.1) is 0 Å². The van der Waals surface area contributed by atoms with Crippen molar-refractivity contribution in [1.29, 1.82) is 0 Å². The fourth-order valence-electron chi connectivity index (χ4n) is 3.73. The number of amides is 2. The molecule has 1 heterocycles. The number of carbonyl (C=O) groups is 2. The Hall–Kier alpha value is -3.62. The molecule has 39 heavy (non-hydrogen) atoms. The first kappa shape index (κ1) is 28.4. The van der Waals surface area contributed by atoms with E-state index < -0.39 is 11.8 Å². The summed E-state index contributed by atoms with van der Waals surface area (Å²) in [4.78, 5) is 26.4. The fraction of sp³-hybridized carbons (Fsp3) is 0.138. The van der Waals surface area contributed by atoms with Gasteiger partial charge in [0.15, 0.2) is 0 Å². The zero-order chi connectivity index (χ0) is 27.8. The number of halogens is 3. The van der Waals surface area contributed by atoms with Crippen LogP contribution >= 0.6 is 34.8 Å². The van der Waals surface area contributed by atoms with E-state index >= 15 is 0 Å². The molecule has 4 aromatic rings. The maximum Gasteiger partial charge on any atom is 0.267 e. The van der Waals surface area contributed by atoms with E-state index in [-0.39, 0.29) is 16.3 Å². The van der Waals surface area contributed by atoms with E-state index in [0.29, 0.717) is 40.9 Å². The van der Waals surface area contributed by atoms with Gasteiger partial charge in [0.05, 0.1) is 16.3 Å². The van der Waals surface area contributed by atoms with Gasteiger partial charge in [-0.3, -0.25) is 9.59 Å². The summed E-state index contributed by atoms with van der Waals surface area (Å²) in [6.45, 7) is 0.839. The van der Waals surface area contributed by atoms with Crippen LogP contribution in [0.2, 0.25) is 15.1 Å². The van der Waals surface area contributed by atoms with Gasteiger partial charge in [0.25, 0.3) is 11.8 Å². The van der Waals surface area contributed by atoms with Crippen LogP contribution in [0.15, 0.2) is 84.7 Å². The summed E-state index contributed by atoms with van der Waals surface area (Å²) in [5, 5.41) is 11.5. The zero-order valence-electron chi connectivity index (χ0n) is 21.0. The summed E-state index contributed by atoms with van der Waals surface area (Å²) in [5.41, 5.74) is 3.01. The highest BCUT2D eigenvalue weighted by atomic mass is 35.5. The minimum absolute atomic E-state index is 0.0197. The third kappa shape index (κ3) is 7.49. The molecular weight excluding hydrogens is 559 g/mol. The highest BCUT2D eigenvalue weighted by molar-refractivity contribution is 6.36. The lowest BCUT2D eigenvalue weighted by Crippen LogP contribution is -2.35. The molecule has 0 unspecified atom stereocenters. The first-order chi connectivity index (χ1) is 18.9. The number of methoxy groups -OCH3 is 1. The molecule has 7 nitrogen and oxygen atoms in total. The molecule has 10 heteroatoms. The summed E-state index contributed by atoms with van der Waals surface area (Å²) >= 11 is 18.3. The molecule has 0 bridgehead atoms. The van der Waals surface area contributed by atoms with Gasteiger partial charge in [0, 0.05) is 47.6 Å². The Morgan fingerprint density at radius 3 is 2.38 bits per heavy atom. The first-order valence-electron chi connectivity index (χ1n) is 12.0. The second-order valence-corrected chi connectivity index (χ2v) is 9.74. The van der Waals surface area contributed by atoms with Gasteiger partial charge in [-0.25, -0.2) is 4.68 Å². The number of hydrogen-bond donors (Lipinski definition) is 2. The van der Waals surface area contributed by atoms with E-state index in [0.717, 1.165) is 11.3 Å². The Balaban J connectivity index is 1.76. The molecule has 0 radical (unpaired) electrons. The monoisotopic (exact) mass is 582 g/mol. The predicted molar refractivity (Wildman–Crippen MR) is 155 cm³/mol. The number of hydrogen-bond acceptors (Lipinski definition) is 4. The second-order valence-electron chi connectivity index (χ2n) is 8.46. The Kier molecular flexibility index (Phi) is 9.79. The van der Waals surface area contributed by atoms with Crippen molar-refractivity contribution < 1.29 is 14.3 Å². The van der Waals surface area contributed by atoms with Gasteiger partial charge in [-0.1, -0.05) is 65.1 Å². The standard InChI is InChI=1S/C29H25Cl3N4O3/c1-39-15-5-14-33-29(38)26(34-28(37)24-13-12-22(31)17-25(24)32)16-20-18-36(23-6-3-2-4-7-23)35-27(20)19-8-10-21(30)11-9-19/h2-4,6-13,16-18H,5,14-15H2,1H3,(H,33,38)(H,34,37). The number of nitrogens with zero attached hydrogens (tertiary/aromatic N) is 2. The molecule has 0 aliphatic carbocycles. The van der Waals surface area contributed by atoms with Crippen molar-refractivity contribution in [3.8, 4) is 16.9 Å². The van der Waals surface area contributed by atoms with Crippen molar-refractivity contribution in [2.45, 2.75) is 6.42 Å². The molecule has 2 amide bonds. The Morgan fingerprint density at radius 2 is 1.69 bits per heavy atom. The second kappa shape index (κ2) is 13.4. The third-order valence-electron chi connectivity index (χ3n) is 5.66. The van der Waals surface area contributed by atoms with E-state index in [4.69, 9.17) is 44.6 Å². The molecule has 200 valence electrons. The highest BCUT2D eigenvalue weighted by Gasteiger charge is 2.19. The summed E-state index contributed by atoms with van der Waals surface area (Å²) in [7, 11) is 1.59. The van der Waals surface area contributed by atoms with Crippen LogP contribution < -0.4 is 10.6 Å². The number of benzene rings is 3. The molecule has 1 aromatic heterocycles. The minimum atomic E-state index is -0.557. The molecule has 0 atom stereocenters. The van der Waals surface area contributed by atoms with Crippen molar-refractivity contribution in [3.63, 3.8) is 0 Å². The van der Waals surface area contributed by atoms with E-state index in [9.17, 15) is 9.59 Å². The average Bonchev–Trinajstić information content (AvgIpc) is 3.35. The fourth-order valence-corrected chi connectivity index (χ4v) is 4.35. The van der Waals surface area contributed by atoms with E-state index in [1.807, 2.05) is 42.5 Å². The molecule has 0 fully saturated rings. The lowest BCUT2D eigenvalue weighted by atomic mass is 10.1. The van der Waals surface area contributed by atoms with Gasteiger partial charge in [-0.2, -0.15) is 5.10 Å². The minimum Gasteiger partial charge on any atom is -0.385 e. The van der Waals surface area contributed by atoms with Crippen LogP contribution in [0.1, 0.15) is 22.3 Å². The van der Waals surface area contributed by atoms with Crippen molar-refractivity contribution >= 4 is 52.7 Å². The van der Waals surface area contributed by atoms with Gasteiger partial charge in [0.1, 0.15) is 11.4 Å². The molecular formula is C29H25Cl3N4O3. The van der Waals surface area contributed by atoms with Gasteiger partial charge in [0.2, 0.25) is 0 Å². The van der Waals surface area contributed by atoms with Crippen LogP contribution in [-0.4, -0.2) is 41.9 Å². The first-order valence-corrected chi connectivity index (χ1v) is 13.2. The van der Waals surface area contributed by atoms with E-state index in [2.05, 4.69) is 10.6 Å². The summed E-state index contributed by atoms with van der Waals surface area (Å²) in [6.07, 6.45) is 3.98. The van der Waals surface area contributed by atoms with Crippen LogP contribution in [0.5, 0.6) is 0 Å². The molecule has 4 rings (SSSR count). The van der Waals surface area contributed by atoms with Crippen LogP contribution in [0.25, 0.3) is 23.0 Å². The normalized spacial score (nSPS) is 11.3. The lowest BCUT2D eigenvalue weighted by Gasteiger charge is -2.12.